The third-order valence-corrected chi connectivity index (χ3v) is 3.97. The summed E-state index contributed by atoms with van der Waals surface area (Å²) in [4.78, 5) is 2.53. The van der Waals surface area contributed by atoms with Crippen molar-refractivity contribution in [1.29, 1.82) is 0 Å². The molecule has 0 aromatic heterocycles. The van der Waals surface area contributed by atoms with Gasteiger partial charge < -0.3 is 14.4 Å². The average molecular weight is 261 g/mol. The van der Waals surface area contributed by atoms with Crippen molar-refractivity contribution in [3.8, 4) is 11.5 Å². The number of fused-ring (bicyclic) bond motifs is 1. The number of hydrogen-bond acceptors (Lipinski definition) is 3. The summed E-state index contributed by atoms with van der Waals surface area (Å²) < 4.78 is 11.5. The molecule has 2 aliphatic rings. The van der Waals surface area contributed by atoms with Crippen LogP contribution in [-0.2, 0) is 6.42 Å². The molecule has 3 heteroatoms. The Bertz CT molecular complexity index is 413. The van der Waals surface area contributed by atoms with Gasteiger partial charge in [-0.15, -0.1) is 0 Å². The number of benzene rings is 1. The smallest absolute Gasteiger partial charge is 0.126 e. The van der Waals surface area contributed by atoms with Gasteiger partial charge in [-0.2, -0.15) is 0 Å². The van der Waals surface area contributed by atoms with Crippen molar-refractivity contribution < 1.29 is 9.47 Å². The van der Waals surface area contributed by atoms with Gasteiger partial charge in [0, 0.05) is 12.6 Å². The first-order valence-electron chi connectivity index (χ1n) is 7.53. The highest BCUT2D eigenvalue weighted by Gasteiger charge is 2.12. The summed E-state index contributed by atoms with van der Waals surface area (Å²) in [6, 6.07) is 6.26. The molecule has 3 rings (SSSR count). The summed E-state index contributed by atoms with van der Waals surface area (Å²) in [7, 11) is 0. The fourth-order valence-corrected chi connectivity index (χ4v) is 2.89. The maximum atomic E-state index is 5.83. The van der Waals surface area contributed by atoms with Crippen molar-refractivity contribution in [2.45, 2.75) is 32.1 Å². The van der Waals surface area contributed by atoms with Crippen molar-refractivity contribution in [1.82, 2.24) is 4.90 Å². The second kappa shape index (κ2) is 6.29. The zero-order valence-corrected chi connectivity index (χ0v) is 11.6. The minimum atomic E-state index is 0.801. The number of nitrogens with zero attached hydrogens (tertiary/aromatic N) is 1. The molecule has 3 nitrogen and oxygen atoms in total. The highest BCUT2D eigenvalue weighted by atomic mass is 16.5. The van der Waals surface area contributed by atoms with E-state index in [9.17, 15) is 0 Å². The maximum Gasteiger partial charge on any atom is 0.126 e. The van der Waals surface area contributed by atoms with Crippen LogP contribution in [0.2, 0.25) is 0 Å². The van der Waals surface area contributed by atoms with Crippen LogP contribution in [-0.4, -0.2) is 37.7 Å². The van der Waals surface area contributed by atoms with Gasteiger partial charge in [0.05, 0.1) is 13.2 Å². The standard InChI is InChI=1S/C16H23NO2/c1-2-9-17(8-1)10-4-12-18-15-7-6-14-5-3-11-19-16(14)13-15/h6-7,13H,1-5,8-12H2. The highest BCUT2D eigenvalue weighted by Crippen LogP contribution is 2.29. The summed E-state index contributed by atoms with van der Waals surface area (Å²) in [6.07, 6.45) is 6.09. The fourth-order valence-electron chi connectivity index (χ4n) is 2.89. The maximum absolute atomic E-state index is 5.83. The van der Waals surface area contributed by atoms with Crippen LogP contribution >= 0.6 is 0 Å². The molecule has 104 valence electrons. The first kappa shape index (κ1) is 12.8. The van der Waals surface area contributed by atoms with Crippen molar-refractivity contribution in [3.63, 3.8) is 0 Å². The first-order chi connectivity index (χ1) is 9.42. The first-order valence-corrected chi connectivity index (χ1v) is 7.53. The van der Waals surface area contributed by atoms with Gasteiger partial charge in [0.25, 0.3) is 0 Å². The van der Waals surface area contributed by atoms with Crippen LogP contribution in [0.1, 0.15) is 31.2 Å². The molecule has 0 aliphatic carbocycles. The van der Waals surface area contributed by atoms with Crippen molar-refractivity contribution in [2.75, 3.05) is 32.8 Å². The average Bonchev–Trinajstić information content (AvgIpc) is 2.97. The topological polar surface area (TPSA) is 21.7 Å². The molecule has 19 heavy (non-hydrogen) atoms. The van der Waals surface area contributed by atoms with Gasteiger partial charge >= 0.3 is 0 Å². The lowest BCUT2D eigenvalue weighted by Gasteiger charge is -2.18. The lowest BCUT2D eigenvalue weighted by molar-refractivity contribution is 0.258. The van der Waals surface area contributed by atoms with Crippen LogP contribution in [0.5, 0.6) is 11.5 Å². The number of rotatable bonds is 5. The second-order valence-electron chi connectivity index (χ2n) is 5.47. The molecule has 0 atom stereocenters. The van der Waals surface area contributed by atoms with Crippen LogP contribution in [0.15, 0.2) is 18.2 Å². The summed E-state index contributed by atoms with van der Waals surface area (Å²) in [6.45, 7) is 5.35. The fraction of sp³-hybridized carbons (Fsp3) is 0.625. The van der Waals surface area contributed by atoms with Gasteiger partial charge in [-0.25, -0.2) is 0 Å². The number of aryl methyl sites for hydroxylation is 1. The van der Waals surface area contributed by atoms with E-state index in [0.29, 0.717) is 0 Å². The lowest BCUT2D eigenvalue weighted by Crippen LogP contribution is -2.21. The predicted molar refractivity (Wildman–Crippen MR) is 76.0 cm³/mol. The van der Waals surface area contributed by atoms with Gasteiger partial charge in [0.1, 0.15) is 11.5 Å². The van der Waals surface area contributed by atoms with Gasteiger partial charge in [-0.05, 0) is 56.8 Å². The van der Waals surface area contributed by atoms with Crippen LogP contribution < -0.4 is 9.47 Å². The van der Waals surface area contributed by atoms with Crippen molar-refractivity contribution in [3.05, 3.63) is 23.8 Å². The van der Waals surface area contributed by atoms with Gasteiger partial charge in [-0.1, -0.05) is 6.07 Å². The van der Waals surface area contributed by atoms with Crippen molar-refractivity contribution in [2.24, 2.45) is 0 Å². The Kier molecular flexibility index (Phi) is 4.23. The summed E-state index contributed by atoms with van der Waals surface area (Å²) in [5.41, 5.74) is 1.32. The minimum Gasteiger partial charge on any atom is -0.493 e. The zero-order chi connectivity index (χ0) is 12.9. The Labute approximate surface area is 115 Å². The normalized spacial score (nSPS) is 18.9. The SMILES string of the molecule is c1cc2c(cc1OCCCN1CCCC1)OCCC2. The lowest BCUT2D eigenvalue weighted by atomic mass is 10.1. The molecule has 1 aromatic rings. The molecular formula is C16H23NO2. The Morgan fingerprint density at radius 3 is 2.95 bits per heavy atom. The molecule has 1 saturated heterocycles. The van der Waals surface area contributed by atoms with E-state index in [-0.39, 0.29) is 0 Å². The zero-order valence-electron chi connectivity index (χ0n) is 11.6. The van der Waals surface area contributed by atoms with E-state index in [1.807, 2.05) is 6.07 Å². The Morgan fingerprint density at radius 2 is 2.05 bits per heavy atom. The summed E-state index contributed by atoms with van der Waals surface area (Å²) in [5, 5.41) is 0. The molecule has 0 saturated carbocycles. The van der Waals surface area contributed by atoms with Gasteiger partial charge in [-0.3, -0.25) is 0 Å². The van der Waals surface area contributed by atoms with E-state index in [0.717, 1.165) is 44.0 Å². The molecule has 0 bridgehead atoms. The van der Waals surface area contributed by atoms with Crippen LogP contribution in [0.3, 0.4) is 0 Å². The van der Waals surface area contributed by atoms with Crippen molar-refractivity contribution >= 4 is 0 Å². The molecule has 1 fully saturated rings. The molecule has 0 spiro atoms. The molecule has 2 aliphatic heterocycles. The number of hydrogen-bond donors (Lipinski definition) is 0. The molecule has 0 radical (unpaired) electrons. The number of likely N-dealkylation sites (tertiary alicyclic amines) is 1. The van der Waals surface area contributed by atoms with Gasteiger partial charge in [0.15, 0.2) is 0 Å². The van der Waals surface area contributed by atoms with Crippen LogP contribution in [0.4, 0.5) is 0 Å². The van der Waals surface area contributed by atoms with E-state index in [1.165, 1.54) is 38.0 Å². The molecular weight excluding hydrogens is 238 g/mol. The Balaban J connectivity index is 1.44. The molecule has 1 aromatic carbocycles. The Hall–Kier alpha value is -1.22. The summed E-state index contributed by atoms with van der Waals surface area (Å²) >= 11 is 0. The van der Waals surface area contributed by atoms with E-state index in [4.69, 9.17) is 9.47 Å². The Morgan fingerprint density at radius 1 is 1.16 bits per heavy atom. The van der Waals surface area contributed by atoms with E-state index >= 15 is 0 Å². The van der Waals surface area contributed by atoms with E-state index in [1.54, 1.807) is 0 Å². The third kappa shape index (κ3) is 3.41. The molecule has 0 N–H and O–H groups in total. The predicted octanol–water partition coefficient (Wildman–Crippen LogP) is 2.88. The van der Waals surface area contributed by atoms with E-state index < -0.39 is 0 Å². The third-order valence-electron chi connectivity index (χ3n) is 3.97. The highest BCUT2D eigenvalue weighted by molar-refractivity contribution is 5.41. The second-order valence-corrected chi connectivity index (χ2v) is 5.47. The summed E-state index contributed by atoms with van der Waals surface area (Å²) in [5.74, 6) is 1.96. The monoisotopic (exact) mass is 261 g/mol. The molecule has 2 heterocycles. The van der Waals surface area contributed by atoms with Crippen LogP contribution in [0, 0.1) is 0 Å². The van der Waals surface area contributed by atoms with E-state index in [2.05, 4.69) is 17.0 Å². The quantitative estimate of drug-likeness (QED) is 0.761. The largest absolute Gasteiger partial charge is 0.493 e. The molecule has 0 amide bonds. The van der Waals surface area contributed by atoms with Gasteiger partial charge in [0.2, 0.25) is 0 Å². The molecule has 0 unspecified atom stereocenters. The minimum absolute atomic E-state index is 0.801. The number of ether oxygens (including phenoxy) is 2. The van der Waals surface area contributed by atoms with Crippen LogP contribution in [0.25, 0.3) is 0 Å².